The lowest BCUT2D eigenvalue weighted by atomic mass is 9.94. The summed E-state index contributed by atoms with van der Waals surface area (Å²) < 4.78 is 0. The highest BCUT2D eigenvalue weighted by Crippen LogP contribution is 2.23. The van der Waals surface area contributed by atoms with Crippen molar-refractivity contribution in [2.75, 3.05) is 0 Å². The summed E-state index contributed by atoms with van der Waals surface area (Å²) in [6, 6.07) is -0.176. The van der Waals surface area contributed by atoms with Crippen molar-refractivity contribution in [1.29, 1.82) is 0 Å². The van der Waals surface area contributed by atoms with Gasteiger partial charge in [-0.1, -0.05) is 19.3 Å². The van der Waals surface area contributed by atoms with E-state index in [9.17, 15) is 4.79 Å². The molecule has 1 aromatic rings. The van der Waals surface area contributed by atoms with Crippen LogP contribution in [0.25, 0.3) is 0 Å². The van der Waals surface area contributed by atoms with Crippen LogP contribution in [-0.4, -0.2) is 27.1 Å². The van der Waals surface area contributed by atoms with Crippen LogP contribution in [-0.2, 0) is 4.79 Å². The van der Waals surface area contributed by atoms with Gasteiger partial charge in [0.15, 0.2) is 0 Å². The Bertz CT molecular complexity index is 378. The number of aromatic nitrogens is 3. The molecule has 0 radical (unpaired) electrons. The van der Waals surface area contributed by atoms with E-state index in [4.69, 9.17) is 5.73 Å². The second-order valence-electron chi connectivity index (χ2n) is 5.01. The topological polar surface area (TPSA) is 96.7 Å². The van der Waals surface area contributed by atoms with Gasteiger partial charge in [-0.25, -0.2) is 4.98 Å². The molecule has 4 N–H and O–H groups in total. The Balaban J connectivity index is 1.94. The van der Waals surface area contributed by atoms with Gasteiger partial charge in [-0.2, -0.15) is 5.10 Å². The summed E-state index contributed by atoms with van der Waals surface area (Å²) in [4.78, 5) is 16.3. The van der Waals surface area contributed by atoms with Gasteiger partial charge in [-0.3, -0.25) is 9.89 Å². The molecule has 2 rings (SSSR count). The highest BCUT2D eigenvalue weighted by Gasteiger charge is 2.28. The number of nitrogens with one attached hydrogen (secondary N) is 2. The number of amides is 1. The number of carbonyl (C=O) groups excluding carboxylic acids is 1. The van der Waals surface area contributed by atoms with E-state index in [0.29, 0.717) is 5.82 Å². The fourth-order valence-corrected chi connectivity index (χ4v) is 2.47. The molecule has 1 aromatic heterocycles. The number of nitrogens with two attached hydrogens (primary N) is 1. The lowest BCUT2D eigenvalue weighted by molar-refractivity contribution is -0.126. The Morgan fingerprint density at radius 3 is 3.00 bits per heavy atom. The third-order valence-electron chi connectivity index (χ3n) is 3.61. The average Bonchev–Trinajstić information content (AvgIpc) is 2.79. The summed E-state index contributed by atoms with van der Waals surface area (Å²) in [7, 11) is 0. The van der Waals surface area contributed by atoms with Crippen LogP contribution in [0.2, 0.25) is 0 Å². The van der Waals surface area contributed by atoms with Crippen molar-refractivity contribution in [3.8, 4) is 0 Å². The van der Waals surface area contributed by atoms with Crippen molar-refractivity contribution >= 4 is 5.91 Å². The van der Waals surface area contributed by atoms with Gasteiger partial charge in [-0.15, -0.1) is 0 Å². The standard InChI is InChI=1S/C12H21N5O/c1-8(11-14-7-15-17-11)16-12(18)9-5-3-2-4-6-10(9)13/h7-10H,2-6,13H2,1H3,(H,16,18)(H,14,15,17). The molecule has 1 aliphatic rings. The SMILES string of the molecule is CC(NC(=O)C1CCCCCC1N)c1ncn[nH]1. The maximum atomic E-state index is 12.2. The lowest BCUT2D eigenvalue weighted by Gasteiger charge is -2.22. The highest BCUT2D eigenvalue weighted by molar-refractivity contribution is 5.79. The Kier molecular flexibility index (Phi) is 4.30. The zero-order valence-electron chi connectivity index (χ0n) is 10.7. The second kappa shape index (κ2) is 5.95. The zero-order chi connectivity index (χ0) is 13.0. The molecule has 1 heterocycles. The summed E-state index contributed by atoms with van der Waals surface area (Å²) in [6.07, 6.45) is 6.65. The highest BCUT2D eigenvalue weighted by atomic mass is 16.2. The molecule has 3 unspecified atom stereocenters. The van der Waals surface area contributed by atoms with E-state index < -0.39 is 0 Å². The molecule has 1 aliphatic carbocycles. The minimum atomic E-state index is -0.157. The van der Waals surface area contributed by atoms with Crippen molar-refractivity contribution < 1.29 is 4.79 Å². The summed E-state index contributed by atoms with van der Waals surface area (Å²) in [6.45, 7) is 1.89. The number of hydrogen-bond acceptors (Lipinski definition) is 4. The Hall–Kier alpha value is -1.43. The van der Waals surface area contributed by atoms with Crippen molar-refractivity contribution in [2.24, 2.45) is 11.7 Å². The molecule has 6 heteroatoms. The monoisotopic (exact) mass is 251 g/mol. The number of nitrogens with zero attached hydrogens (tertiary/aromatic N) is 2. The molecule has 18 heavy (non-hydrogen) atoms. The lowest BCUT2D eigenvalue weighted by Crippen LogP contribution is -2.42. The number of rotatable bonds is 3. The Labute approximate surface area is 107 Å². The third-order valence-corrected chi connectivity index (χ3v) is 3.61. The van der Waals surface area contributed by atoms with Crippen molar-refractivity contribution in [2.45, 2.75) is 51.1 Å². The van der Waals surface area contributed by atoms with Crippen LogP contribution in [0.1, 0.15) is 50.9 Å². The quantitative estimate of drug-likeness (QED) is 0.695. The van der Waals surface area contributed by atoms with Crippen LogP contribution in [0.15, 0.2) is 6.33 Å². The normalized spacial score (nSPS) is 26.3. The molecular weight excluding hydrogens is 230 g/mol. The first-order valence-corrected chi connectivity index (χ1v) is 6.59. The van der Waals surface area contributed by atoms with E-state index >= 15 is 0 Å². The van der Waals surface area contributed by atoms with Crippen LogP contribution < -0.4 is 11.1 Å². The van der Waals surface area contributed by atoms with E-state index in [2.05, 4.69) is 20.5 Å². The molecule has 100 valence electrons. The molecule has 3 atom stereocenters. The molecule has 1 fully saturated rings. The maximum absolute atomic E-state index is 12.2. The summed E-state index contributed by atoms with van der Waals surface area (Å²) >= 11 is 0. The van der Waals surface area contributed by atoms with Crippen LogP contribution in [0.3, 0.4) is 0 Å². The molecule has 6 nitrogen and oxygen atoms in total. The summed E-state index contributed by atoms with van der Waals surface area (Å²) in [5.74, 6) is 0.636. The largest absolute Gasteiger partial charge is 0.346 e. The molecular formula is C12H21N5O. The van der Waals surface area contributed by atoms with E-state index in [1.54, 1.807) is 0 Å². The Morgan fingerprint density at radius 2 is 2.28 bits per heavy atom. The molecule has 0 aromatic carbocycles. The second-order valence-corrected chi connectivity index (χ2v) is 5.01. The summed E-state index contributed by atoms with van der Waals surface area (Å²) in [5, 5.41) is 9.50. The smallest absolute Gasteiger partial charge is 0.225 e. The van der Waals surface area contributed by atoms with Gasteiger partial charge in [0.1, 0.15) is 12.2 Å². The van der Waals surface area contributed by atoms with Crippen molar-refractivity contribution in [3.05, 3.63) is 12.2 Å². The number of hydrogen-bond donors (Lipinski definition) is 3. The number of aromatic amines is 1. The minimum absolute atomic E-state index is 0.0190. The fourth-order valence-electron chi connectivity index (χ4n) is 2.47. The first-order chi connectivity index (χ1) is 8.68. The van der Waals surface area contributed by atoms with Gasteiger partial charge in [-0.05, 0) is 19.8 Å². The van der Waals surface area contributed by atoms with E-state index in [1.165, 1.54) is 12.7 Å². The fraction of sp³-hybridized carbons (Fsp3) is 0.750. The predicted molar refractivity (Wildman–Crippen MR) is 67.5 cm³/mol. The molecule has 1 saturated carbocycles. The van der Waals surface area contributed by atoms with Crippen LogP contribution in [0.5, 0.6) is 0 Å². The van der Waals surface area contributed by atoms with Crippen LogP contribution >= 0.6 is 0 Å². The van der Waals surface area contributed by atoms with Gasteiger partial charge < -0.3 is 11.1 Å². The molecule has 0 bridgehead atoms. The molecule has 0 aliphatic heterocycles. The van der Waals surface area contributed by atoms with Gasteiger partial charge in [0.05, 0.1) is 12.0 Å². The van der Waals surface area contributed by atoms with E-state index in [-0.39, 0.29) is 23.9 Å². The molecule has 0 saturated heterocycles. The third kappa shape index (κ3) is 3.07. The van der Waals surface area contributed by atoms with Gasteiger partial charge >= 0.3 is 0 Å². The van der Waals surface area contributed by atoms with E-state index in [0.717, 1.165) is 25.7 Å². The predicted octanol–water partition coefficient (Wildman–Crippen LogP) is 0.889. The minimum Gasteiger partial charge on any atom is -0.346 e. The molecule has 1 amide bonds. The first kappa shape index (κ1) is 13.0. The van der Waals surface area contributed by atoms with Gasteiger partial charge in [0.2, 0.25) is 5.91 Å². The van der Waals surface area contributed by atoms with E-state index in [1.807, 2.05) is 6.92 Å². The van der Waals surface area contributed by atoms with Gasteiger partial charge in [0.25, 0.3) is 0 Å². The van der Waals surface area contributed by atoms with Crippen molar-refractivity contribution in [1.82, 2.24) is 20.5 Å². The molecule has 0 spiro atoms. The van der Waals surface area contributed by atoms with Crippen LogP contribution in [0.4, 0.5) is 0 Å². The maximum Gasteiger partial charge on any atom is 0.225 e. The van der Waals surface area contributed by atoms with Gasteiger partial charge in [0, 0.05) is 6.04 Å². The zero-order valence-corrected chi connectivity index (χ0v) is 10.7. The summed E-state index contributed by atoms with van der Waals surface area (Å²) in [5.41, 5.74) is 6.08. The first-order valence-electron chi connectivity index (χ1n) is 6.59. The number of H-pyrrole nitrogens is 1. The average molecular weight is 251 g/mol. The van der Waals surface area contributed by atoms with Crippen LogP contribution in [0, 0.1) is 5.92 Å². The Morgan fingerprint density at radius 1 is 1.50 bits per heavy atom. The van der Waals surface area contributed by atoms with Crippen molar-refractivity contribution in [3.63, 3.8) is 0 Å². The number of carbonyl (C=O) groups is 1.